The Hall–Kier alpha value is -3.33. The van der Waals surface area contributed by atoms with Crippen molar-refractivity contribution in [2.75, 3.05) is 17.7 Å². The van der Waals surface area contributed by atoms with Gasteiger partial charge in [0, 0.05) is 11.9 Å². The van der Waals surface area contributed by atoms with Gasteiger partial charge >= 0.3 is 0 Å². The number of hydrogen-bond donors (Lipinski definition) is 2. The summed E-state index contributed by atoms with van der Waals surface area (Å²) >= 11 is 0. The first-order valence-electron chi connectivity index (χ1n) is 6.71. The van der Waals surface area contributed by atoms with Crippen molar-refractivity contribution in [3.8, 4) is 11.8 Å². The molecule has 23 heavy (non-hydrogen) atoms. The number of para-hydroxylation sites is 2. The van der Waals surface area contributed by atoms with E-state index in [2.05, 4.69) is 10.6 Å². The molecule has 0 aliphatic heterocycles. The van der Waals surface area contributed by atoms with Gasteiger partial charge in [-0.1, -0.05) is 18.2 Å². The molecule has 1 amide bonds. The second kappa shape index (κ2) is 7.61. The molecule has 2 rings (SSSR count). The van der Waals surface area contributed by atoms with Crippen molar-refractivity contribution >= 4 is 17.3 Å². The van der Waals surface area contributed by atoms with E-state index < -0.39 is 11.7 Å². The van der Waals surface area contributed by atoms with Crippen molar-refractivity contribution in [3.05, 3.63) is 66.1 Å². The smallest absolute Gasteiger partial charge is 0.267 e. The Morgan fingerprint density at radius 1 is 1.26 bits per heavy atom. The van der Waals surface area contributed by atoms with Gasteiger partial charge in [-0.3, -0.25) is 4.79 Å². The first kappa shape index (κ1) is 16.0. The highest BCUT2D eigenvalue weighted by molar-refractivity contribution is 6.07. The molecule has 0 atom stereocenters. The average Bonchev–Trinajstić information content (AvgIpc) is 2.56. The van der Waals surface area contributed by atoms with Gasteiger partial charge < -0.3 is 15.4 Å². The Morgan fingerprint density at radius 3 is 2.74 bits per heavy atom. The zero-order chi connectivity index (χ0) is 16.7. The summed E-state index contributed by atoms with van der Waals surface area (Å²) < 4.78 is 18.2. The Bertz CT molecular complexity index is 781. The minimum atomic E-state index is -0.596. The monoisotopic (exact) mass is 311 g/mol. The number of methoxy groups -OCH3 is 1. The van der Waals surface area contributed by atoms with Gasteiger partial charge in [0.05, 0.1) is 12.8 Å². The predicted molar refractivity (Wildman–Crippen MR) is 85.3 cm³/mol. The number of nitrogens with zero attached hydrogens (tertiary/aromatic N) is 1. The van der Waals surface area contributed by atoms with Crippen molar-refractivity contribution < 1.29 is 13.9 Å². The number of halogens is 1. The quantitative estimate of drug-likeness (QED) is 0.656. The van der Waals surface area contributed by atoms with Gasteiger partial charge in [-0.05, 0) is 30.3 Å². The van der Waals surface area contributed by atoms with Crippen LogP contribution in [0.3, 0.4) is 0 Å². The highest BCUT2D eigenvalue weighted by atomic mass is 19.1. The van der Waals surface area contributed by atoms with Crippen LogP contribution in [0.25, 0.3) is 0 Å². The maximum atomic E-state index is 13.1. The maximum absolute atomic E-state index is 13.1. The molecule has 0 saturated carbocycles. The normalized spacial score (nSPS) is 10.6. The third-order valence-electron chi connectivity index (χ3n) is 2.93. The summed E-state index contributed by atoms with van der Waals surface area (Å²) in [6.45, 7) is 0. The summed E-state index contributed by atoms with van der Waals surface area (Å²) in [7, 11) is 1.48. The van der Waals surface area contributed by atoms with Crippen LogP contribution in [0.4, 0.5) is 15.8 Å². The van der Waals surface area contributed by atoms with Crippen LogP contribution in [0, 0.1) is 17.1 Å². The standard InChI is InChI=1S/C17H14FN3O2/c1-23-16-8-3-2-7-15(16)21-17(22)12(10-19)11-20-14-6-4-5-13(18)9-14/h2-9,11,20H,1H3,(H,21,22)/b12-11-. The number of amides is 1. The van der Waals surface area contributed by atoms with Crippen molar-refractivity contribution in [2.24, 2.45) is 0 Å². The van der Waals surface area contributed by atoms with Crippen molar-refractivity contribution in [1.82, 2.24) is 0 Å². The first-order chi connectivity index (χ1) is 11.1. The number of carbonyl (C=O) groups excluding carboxylic acids is 1. The number of nitrogens with one attached hydrogen (secondary N) is 2. The molecule has 6 heteroatoms. The summed E-state index contributed by atoms with van der Waals surface area (Å²) in [4.78, 5) is 12.1. The third-order valence-corrected chi connectivity index (χ3v) is 2.93. The number of anilines is 2. The van der Waals surface area contributed by atoms with Crippen LogP contribution in [0.2, 0.25) is 0 Å². The zero-order valence-corrected chi connectivity index (χ0v) is 12.3. The van der Waals surface area contributed by atoms with E-state index in [1.165, 1.54) is 31.5 Å². The Balaban J connectivity index is 2.12. The largest absolute Gasteiger partial charge is 0.495 e. The van der Waals surface area contributed by atoms with E-state index in [1.54, 1.807) is 36.4 Å². The molecule has 2 aromatic carbocycles. The number of benzene rings is 2. The lowest BCUT2D eigenvalue weighted by Crippen LogP contribution is -2.15. The zero-order valence-electron chi connectivity index (χ0n) is 12.3. The molecule has 2 N–H and O–H groups in total. The molecule has 0 heterocycles. The van der Waals surface area contributed by atoms with E-state index in [-0.39, 0.29) is 5.57 Å². The van der Waals surface area contributed by atoms with Crippen LogP contribution in [0.15, 0.2) is 60.3 Å². The highest BCUT2D eigenvalue weighted by Gasteiger charge is 2.11. The molecule has 0 bridgehead atoms. The second-order valence-electron chi connectivity index (χ2n) is 4.48. The van der Waals surface area contributed by atoms with Gasteiger partial charge in [0.25, 0.3) is 5.91 Å². The van der Waals surface area contributed by atoms with Crippen molar-refractivity contribution in [1.29, 1.82) is 5.26 Å². The molecule has 0 spiro atoms. The predicted octanol–water partition coefficient (Wildman–Crippen LogP) is 3.29. The molecule has 116 valence electrons. The van der Waals surface area contributed by atoms with E-state index in [4.69, 9.17) is 10.00 Å². The van der Waals surface area contributed by atoms with E-state index >= 15 is 0 Å². The van der Waals surface area contributed by atoms with Crippen molar-refractivity contribution in [2.45, 2.75) is 0 Å². The Labute approximate surface area is 133 Å². The van der Waals surface area contributed by atoms with Gasteiger partial charge in [0.1, 0.15) is 23.2 Å². The SMILES string of the molecule is COc1ccccc1NC(=O)/C(C#N)=C\Nc1cccc(F)c1. The molecule has 5 nitrogen and oxygen atoms in total. The minimum absolute atomic E-state index is 0.153. The Kier molecular flexibility index (Phi) is 5.31. The van der Waals surface area contributed by atoms with Crippen LogP contribution < -0.4 is 15.4 Å². The molecular formula is C17H14FN3O2. The van der Waals surface area contributed by atoms with E-state index in [0.717, 1.165) is 0 Å². The molecule has 0 aliphatic rings. The molecule has 0 unspecified atom stereocenters. The molecule has 0 fully saturated rings. The highest BCUT2D eigenvalue weighted by Crippen LogP contribution is 2.23. The van der Waals surface area contributed by atoms with Crippen LogP contribution in [0.1, 0.15) is 0 Å². The van der Waals surface area contributed by atoms with E-state index in [1.807, 2.05) is 0 Å². The third kappa shape index (κ3) is 4.32. The maximum Gasteiger partial charge on any atom is 0.267 e. The van der Waals surface area contributed by atoms with Gasteiger partial charge in [0.2, 0.25) is 0 Å². The summed E-state index contributed by atoms with van der Waals surface area (Å²) in [5.41, 5.74) is 0.731. The molecule has 0 aromatic heterocycles. The van der Waals surface area contributed by atoms with Gasteiger partial charge in [-0.25, -0.2) is 4.39 Å². The lowest BCUT2D eigenvalue weighted by molar-refractivity contribution is -0.112. The van der Waals surface area contributed by atoms with Crippen LogP contribution in [-0.2, 0) is 4.79 Å². The summed E-state index contributed by atoms with van der Waals surface area (Å²) in [6.07, 6.45) is 1.22. The number of nitriles is 1. The number of rotatable bonds is 5. The van der Waals surface area contributed by atoms with Gasteiger partial charge in [-0.2, -0.15) is 5.26 Å². The van der Waals surface area contributed by atoms with Gasteiger partial charge in [0.15, 0.2) is 0 Å². The summed E-state index contributed by atoms with van der Waals surface area (Å²) in [5.74, 6) is -0.530. The molecular weight excluding hydrogens is 297 g/mol. The summed E-state index contributed by atoms with van der Waals surface area (Å²) in [6, 6.07) is 14.3. The van der Waals surface area contributed by atoms with E-state index in [0.29, 0.717) is 17.1 Å². The fraction of sp³-hybridized carbons (Fsp3) is 0.0588. The molecule has 0 radical (unpaired) electrons. The number of ether oxygens (including phenoxy) is 1. The Morgan fingerprint density at radius 2 is 2.04 bits per heavy atom. The van der Waals surface area contributed by atoms with Crippen LogP contribution in [0.5, 0.6) is 5.75 Å². The van der Waals surface area contributed by atoms with Gasteiger partial charge in [-0.15, -0.1) is 0 Å². The molecule has 0 aliphatic carbocycles. The lowest BCUT2D eigenvalue weighted by Gasteiger charge is -2.09. The average molecular weight is 311 g/mol. The summed E-state index contributed by atoms with van der Waals surface area (Å²) in [5, 5.41) is 14.4. The molecule has 2 aromatic rings. The molecule has 0 saturated heterocycles. The first-order valence-corrected chi connectivity index (χ1v) is 6.71. The second-order valence-corrected chi connectivity index (χ2v) is 4.48. The fourth-order valence-corrected chi connectivity index (χ4v) is 1.82. The lowest BCUT2D eigenvalue weighted by atomic mass is 10.2. The van der Waals surface area contributed by atoms with Crippen molar-refractivity contribution in [3.63, 3.8) is 0 Å². The number of hydrogen-bond acceptors (Lipinski definition) is 4. The minimum Gasteiger partial charge on any atom is -0.495 e. The fourth-order valence-electron chi connectivity index (χ4n) is 1.82. The van der Waals surface area contributed by atoms with Crippen LogP contribution in [-0.4, -0.2) is 13.0 Å². The van der Waals surface area contributed by atoms with Crippen LogP contribution >= 0.6 is 0 Å². The topological polar surface area (TPSA) is 74.1 Å². The number of carbonyl (C=O) groups is 1. The van der Waals surface area contributed by atoms with E-state index in [9.17, 15) is 9.18 Å².